The van der Waals surface area contributed by atoms with Crippen molar-refractivity contribution in [1.82, 2.24) is 5.32 Å². The first kappa shape index (κ1) is 15.7. The molecule has 0 aliphatic carbocycles. The molecule has 0 aromatic heterocycles. The third kappa shape index (κ3) is 3.33. The zero-order valence-corrected chi connectivity index (χ0v) is 12.1. The van der Waals surface area contributed by atoms with Gasteiger partial charge in [-0.2, -0.15) is 0 Å². The van der Waals surface area contributed by atoms with Crippen LogP contribution in [-0.2, 0) is 15.1 Å². The van der Waals surface area contributed by atoms with Crippen molar-refractivity contribution in [2.24, 2.45) is 0 Å². The summed E-state index contributed by atoms with van der Waals surface area (Å²) in [5, 5.41) is 12.5. The van der Waals surface area contributed by atoms with Crippen molar-refractivity contribution in [3.05, 3.63) is 35.9 Å². The summed E-state index contributed by atoms with van der Waals surface area (Å²) < 4.78 is 5.28. The van der Waals surface area contributed by atoms with Crippen LogP contribution in [0.4, 0.5) is 0 Å². The molecule has 19 heavy (non-hydrogen) atoms. The number of hydrogen-bond acceptors (Lipinski definition) is 3. The van der Waals surface area contributed by atoms with E-state index >= 15 is 0 Å². The number of benzene rings is 1. The number of carbonyl (C=O) groups excluding carboxylic acids is 1. The van der Waals surface area contributed by atoms with Gasteiger partial charge in [0.25, 0.3) is 5.91 Å². The van der Waals surface area contributed by atoms with Gasteiger partial charge in [-0.15, -0.1) is 0 Å². The molecule has 2 unspecified atom stereocenters. The summed E-state index contributed by atoms with van der Waals surface area (Å²) in [6.07, 6.45) is 0.561. The smallest absolute Gasteiger partial charge is 0.252 e. The van der Waals surface area contributed by atoms with Crippen LogP contribution in [0.5, 0.6) is 0 Å². The van der Waals surface area contributed by atoms with Gasteiger partial charge in [0.05, 0.1) is 12.1 Å². The van der Waals surface area contributed by atoms with Crippen LogP contribution in [0.1, 0.15) is 32.8 Å². The number of hydrogen-bond donors (Lipinski definition) is 2. The lowest BCUT2D eigenvalue weighted by Crippen LogP contribution is -2.54. The minimum absolute atomic E-state index is 0.174. The van der Waals surface area contributed by atoms with E-state index in [4.69, 9.17) is 4.74 Å². The Balaban J connectivity index is 2.97. The summed E-state index contributed by atoms with van der Waals surface area (Å²) >= 11 is 0. The van der Waals surface area contributed by atoms with E-state index in [1.54, 1.807) is 13.8 Å². The van der Waals surface area contributed by atoms with Gasteiger partial charge >= 0.3 is 0 Å². The maximum Gasteiger partial charge on any atom is 0.252 e. The van der Waals surface area contributed by atoms with E-state index in [-0.39, 0.29) is 12.5 Å². The number of nitrogens with one attached hydrogen (secondary N) is 1. The van der Waals surface area contributed by atoms with Crippen LogP contribution in [0.15, 0.2) is 30.3 Å². The Labute approximate surface area is 114 Å². The van der Waals surface area contributed by atoms with Crippen molar-refractivity contribution in [1.29, 1.82) is 0 Å². The Kier molecular flexibility index (Phi) is 5.09. The van der Waals surface area contributed by atoms with Gasteiger partial charge in [-0.05, 0) is 25.8 Å². The van der Waals surface area contributed by atoms with E-state index in [1.807, 2.05) is 37.3 Å². The first-order chi connectivity index (χ1) is 8.91. The molecule has 0 fully saturated rings. The summed E-state index contributed by atoms with van der Waals surface area (Å²) in [5.74, 6) is -0.224. The molecule has 1 amide bonds. The minimum Gasteiger partial charge on any atom is -0.394 e. The topological polar surface area (TPSA) is 58.6 Å². The van der Waals surface area contributed by atoms with E-state index in [2.05, 4.69) is 5.32 Å². The average molecular weight is 265 g/mol. The maximum absolute atomic E-state index is 12.3. The predicted molar refractivity (Wildman–Crippen MR) is 74.7 cm³/mol. The fraction of sp³-hybridized carbons (Fsp3) is 0.533. The number of methoxy groups -OCH3 is 1. The van der Waals surface area contributed by atoms with E-state index in [0.29, 0.717) is 6.42 Å². The zero-order valence-electron chi connectivity index (χ0n) is 12.1. The number of aliphatic hydroxyl groups is 1. The molecule has 0 saturated carbocycles. The van der Waals surface area contributed by atoms with Crippen molar-refractivity contribution in [3.8, 4) is 0 Å². The van der Waals surface area contributed by atoms with Gasteiger partial charge in [0.1, 0.15) is 5.60 Å². The van der Waals surface area contributed by atoms with Crippen molar-refractivity contribution in [2.75, 3.05) is 13.7 Å². The second-order valence-corrected chi connectivity index (χ2v) is 5.10. The highest BCUT2D eigenvalue weighted by Crippen LogP contribution is 2.23. The predicted octanol–water partition coefficient (Wildman–Crippen LogP) is 1.83. The van der Waals surface area contributed by atoms with E-state index < -0.39 is 11.1 Å². The lowest BCUT2D eigenvalue weighted by molar-refractivity contribution is -0.144. The second kappa shape index (κ2) is 6.17. The Hall–Kier alpha value is -1.39. The van der Waals surface area contributed by atoms with Crippen LogP contribution in [0.3, 0.4) is 0 Å². The molecular formula is C15H23NO3. The van der Waals surface area contributed by atoms with Crippen LogP contribution in [0.2, 0.25) is 0 Å². The normalized spacial score (nSPS) is 17.3. The highest BCUT2D eigenvalue weighted by Gasteiger charge is 2.36. The number of rotatable bonds is 6. The molecule has 0 aliphatic rings. The Bertz CT molecular complexity index is 415. The van der Waals surface area contributed by atoms with Gasteiger partial charge in [-0.25, -0.2) is 0 Å². The monoisotopic (exact) mass is 265 g/mol. The molecule has 0 saturated heterocycles. The van der Waals surface area contributed by atoms with Gasteiger partial charge in [-0.1, -0.05) is 37.3 Å². The Morgan fingerprint density at radius 1 is 1.32 bits per heavy atom. The third-order valence-corrected chi connectivity index (χ3v) is 3.72. The van der Waals surface area contributed by atoms with Crippen molar-refractivity contribution < 1.29 is 14.6 Å². The number of carbonyl (C=O) groups is 1. The van der Waals surface area contributed by atoms with Crippen LogP contribution < -0.4 is 5.32 Å². The highest BCUT2D eigenvalue weighted by molar-refractivity contribution is 5.85. The molecule has 0 bridgehead atoms. The number of aliphatic hydroxyl groups excluding tert-OH is 1. The molecule has 0 spiro atoms. The third-order valence-electron chi connectivity index (χ3n) is 3.72. The van der Waals surface area contributed by atoms with Crippen molar-refractivity contribution in [3.63, 3.8) is 0 Å². The molecule has 1 aromatic rings. The molecule has 4 heteroatoms. The first-order valence-corrected chi connectivity index (χ1v) is 6.46. The fourth-order valence-corrected chi connectivity index (χ4v) is 1.79. The van der Waals surface area contributed by atoms with Crippen LogP contribution in [0.25, 0.3) is 0 Å². The number of amides is 1. The quantitative estimate of drug-likeness (QED) is 0.825. The lowest BCUT2D eigenvalue weighted by Gasteiger charge is -2.34. The first-order valence-electron chi connectivity index (χ1n) is 6.46. The van der Waals surface area contributed by atoms with Crippen LogP contribution in [0, 0.1) is 0 Å². The standard InChI is InChI=1S/C15H23NO3/c1-5-15(3,19-4)13(18)16-14(2,11-17)12-9-7-6-8-10-12/h6-10,17H,5,11H2,1-4H3,(H,16,18). The van der Waals surface area contributed by atoms with E-state index in [0.717, 1.165) is 5.56 Å². The van der Waals surface area contributed by atoms with Gasteiger partial charge < -0.3 is 15.2 Å². The molecule has 2 N–H and O–H groups in total. The highest BCUT2D eigenvalue weighted by atomic mass is 16.5. The van der Waals surface area contributed by atoms with Crippen molar-refractivity contribution >= 4 is 5.91 Å². The minimum atomic E-state index is -0.884. The Morgan fingerprint density at radius 2 is 1.89 bits per heavy atom. The van der Waals surface area contributed by atoms with Gasteiger partial charge in [0, 0.05) is 7.11 Å². The lowest BCUT2D eigenvalue weighted by atomic mass is 9.91. The number of ether oxygens (including phenoxy) is 1. The second-order valence-electron chi connectivity index (χ2n) is 5.10. The summed E-state index contributed by atoms with van der Waals surface area (Å²) in [7, 11) is 1.52. The van der Waals surface area contributed by atoms with Gasteiger partial charge in [0.2, 0.25) is 0 Å². The van der Waals surface area contributed by atoms with E-state index in [1.165, 1.54) is 7.11 Å². The molecule has 2 atom stereocenters. The SMILES string of the molecule is CCC(C)(OC)C(=O)NC(C)(CO)c1ccccc1. The molecule has 4 nitrogen and oxygen atoms in total. The largest absolute Gasteiger partial charge is 0.394 e. The van der Waals surface area contributed by atoms with Crippen molar-refractivity contribution in [2.45, 2.75) is 38.3 Å². The Morgan fingerprint density at radius 3 is 2.32 bits per heavy atom. The summed E-state index contributed by atoms with van der Waals surface area (Å²) in [5.41, 5.74) is -0.834. The molecule has 0 radical (unpaired) electrons. The molecule has 1 rings (SSSR count). The van der Waals surface area contributed by atoms with Crippen LogP contribution in [-0.4, -0.2) is 30.3 Å². The summed E-state index contributed by atoms with van der Waals surface area (Å²) in [6.45, 7) is 5.26. The fourth-order valence-electron chi connectivity index (χ4n) is 1.79. The summed E-state index contributed by atoms with van der Waals surface area (Å²) in [6, 6.07) is 9.42. The summed E-state index contributed by atoms with van der Waals surface area (Å²) in [4.78, 5) is 12.3. The molecular weight excluding hydrogens is 242 g/mol. The maximum atomic E-state index is 12.3. The van der Waals surface area contributed by atoms with Gasteiger partial charge in [0.15, 0.2) is 0 Å². The van der Waals surface area contributed by atoms with Gasteiger partial charge in [-0.3, -0.25) is 4.79 Å². The molecule has 1 aromatic carbocycles. The molecule has 0 aliphatic heterocycles. The van der Waals surface area contributed by atoms with Crippen LogP contribution >= 0.6 is 0 Å². The zero-order chi connectivity index (χ0) is 14.5. The average Bonchev–Trinajstić information content (AvgIpc) is 2.47. The molecule has 106 valence electrons. The van der Waals surface area contributed by atoms with E-state index in [9.17, 15) is 9.90 Å². The molecule has 0 heterocycles.